The number of piperidine rings is 2. The molecule has 0 radical (unpaired) electrons. The number of benzene rings is 1. The lowest BCUT2D eigenvalue weighted by atomic mass is 9.75. The van der Waals surface area contributed by atoms with Gasteiger partial charge in [-0.25, -0.2) is 0 Å². The van der Waals surface area contributed by atoms with Gasteiger partial charge in [-0.2, -0.15) is 0 Å². The molecule has 0 aromatic heterocycles. The molecule has 1 aromatic rings. The molecule has 0 spiro atoms. The molecule has 148 valence electrons. The number of amides is 1. The molecular weight excluding hydrogens is 336 g/mol. The molecule has 2 aliphatic heterocycles. The van der Waals surface area contributed by atoms with Gasteiger partial charge in [-0.05, 0) is 36.3 Å². The zero-order valence-corrected chi connectivity index (χ0v) is 17.0. The minimum absolute atomic E-state index is 0.121. The summed E-state index contributed by atoms with van der Waals surface area (Å²) in [6, 6.07) is 10.6. The summed E-state index contributed by atoms with van der Waals surface area (Å²) in [5, 5.41) is 11.1. The normalized spacial score (nSPS) is 26.9. The average Bonchev–Trinajstić information content (AvgIpc) is 2.65. The molecule has 1 aromatic carbocycles. The fourth-order valence-electron chi connectivity index (χ4n) is 4.35. The number of allylic oxidation sites excluding steroid dienone is 1. The molecule has 27 heavy (non-hydrogen) atoms. The SMILES string of the molecule is CC(=O)N1CC[C@@]2(O)CCN(C/C(=C\CC(C)C)c3ccccc3)C[C@H]2C1. The highest BCUT2D eigenvalue weighted by atomic mass is 16.3. The summed E-state index contributed by atoms with van der Waals surface area (Å²) in [6.07, 6.45) is 4.96. The van der Waals surface area contributed by atoms with Crippen LogP contribution in [-0.4, -0.2) is 59.1 Å². The van der Waals surface area contributed by atoms with Crippen molar-refractivity contribution < 1.29 is 9.90 Å². The number of rotatable bonds is 5. The first-order valence-electron chi connectivity index (χ1n) is 10.3. The molecule has 2 heterocycles. The van der Waals surface area contributed by atoms with Crippen LogP contribution in [0, 0.1) is 11.8 Å². The lowest BCUT2D eigenvalue weighted by Crippen LogP contribution is -2.60. The second-order valence-electron chi connectivity index (χ2n) is 8.73. The second-order valence-corrected chi connectivity index (χ2v) is 8.73. The quantitative estimate of drug-likeness (QED) is 0.864. The van der Waals surface area contributed by atoms with Crippen LogP contribution in [0.2, 0.25) is 0 Å². The number of carbonyl (C=O) groups is 1. The van der Waals surface area contributed by atoms with Gasteiger partial charge >= 0.3 is 0 Å². The van der Waals surface area contributed by atoms with Gasteiger partial charge in [0.1, 0.15) is 0 Å². The van der Waals surface area contributed by atoms with E-state index >= 15 is 0 Å². The lowest BCUT2D eigenvalue weighted by molar-refractivity contribution is -0.144. The second kappa shape index (κ2) is 8.57. The Morgan fingerprint density at radius 3 is 2.59 bits per heavy atom. The maximum atomic E-state index is 11.8. The molecular formula is C23H34N2O2. The highest BCUT2D eigenvalue weighted by Crippen LogP contribution is 2.36. The number of hydrogen-bond acceptors (Lipinski definition) is 3. The number of fused-ring (bicyclic) bond motifs is 1. The van der Waals surface area contributed by atoms with Gasteiger partial charge in [-0.1, -0.05) is 50.3 Å². The van der Waals surface area contributed by atoms with Crippen molar-refractivity contribution in [1.29, 1.82) is 0 Å². The Labute approximate surface area is 163 Å². The molecule has 2 fully saturated rings. The number of aliphatic hydroxyl groups is 1. The zero-order valence-electron chi connectivity index (χ0n) is 17.0. The highest BCUT2D eigenvalue weighted by Gasteiger charge is 2.45. The number of carbonyl (C=O) groups excluding carboxylic acids is 1. The first-order chi connectivity index (χ1) is 12.9. The van der Waals surface area contributed by atoms with Gasteiger partial charge in [-0.3, -0.25) is 9.69 Å². The van der Waals surface area contributed by atoms with E-state index in [1.165, 1.54) is 11.1 Å². The molecule has 1 N–H and O–H groups in total. The molecule has 2 aliphatic rings. The summed E-state index contributed by atoms with van der Waals surface area (Å²) in [5.41, 5.74) is 2.05. The van der Waals surface area contributed by atoms with Crippen LogP contribution in [0.15, 0.2) is 36.4 Å². The standard InChI is InChI=1S/C23H34N2O2/c1-18(2)9-10-21(20-7-5-4-6-8-20)15-24-13-11-23(27)12-14-25(19(3)26)17-22(23)16-24/h4-8,10,18,22,27H,9,11-17H2,1-3H3/b21-10+/t22-,23-/m0/s1. The van der Waals surface area contributed by atoms with E-state index in [0.717, 1.165) is 32.5 Å². The Morgan fingerprint density at radius 2 is 1.93 bits per heavy atom. The predicted molar refractivity (Wildman–Crippen MR) is 110 cm³/mol. The Morgan fingerprint density at radius 1 is 1.22 bits per heavy atom. The van der Waals surface area contributed by atoms with Gasteiger partial charge in [0.25, 0.3) is 0 Å². The third-order valence-corrected chi connectivity index (χ3v) is 6.17. The van der Waals surface area contributed by atoms with Crippen molar-refractivity contribution in [3.8, 4) is 0 Å². The van der Waals surface area contributed by atoms with Gasteiger partial charge in [-0.15, -0.1) is 0 Å². The third-order valence-electron chi connectivity index (χ3n) is 6.17. The molecule has 4 heteroatoms. The molecule has 1 amide bonds. The van der Waals surface area contributed by atoms with Gasteiger partial charge < -0.3 is 10.0 Å². The number of hydrogen-bond donors (Lipinski definition) is 1. The summed E-state index contributed by atoms with van der Waals surface area (Å²) in [6.45, 7) is 10.2. The fraction of sp³-hybridized carbons (Fsp3) is 0.609. The fourth-order valence-corrected chi connectivity index (χ4v) is 4.35. The van der Waals surface area contributed by atoms with Gasteiger partial charge in [0, 0.05) is 45.6 Å². The van der Waals surface area contributed by atoms with Crippen molar-refractivity contribution in [2.75, 3.05) is 32.7 Å². The van der Waals surface area contributed by atoms with E-state index in [1.807, 2.05) is 4.90 Å². The summed E-state index contributed by atoms with van der Waals surface area (Å²) in [4.78, 5) is 16.2. The molecule has 2 saturated heterocycles. The molecule has 4 nitrogen and oxygen atoms in total. The summed E-state index contributed by atoms with van der Waals surface area (Å²) >= 11 is 0. The van der Waals surface area contributed by atoms with Gasteiger partial charge in [0.2, 0.25) is 5.91 Å². The monoisotopic (exact) mass is 370 g/mol. The lowest BCUT2D eigenvalue weighted by Gasteiger charge is -2.50. The van der Waals surface area contributed by atoms with Crippen LogP contribution in [0.3, 0.4) is 0 Å². The van der Waals surface area contributed by atoms with E-state index in [1.54, 1.807) is 6.92 Å². The van der Waals surface area contributed by atoms with Crippen molar-refractivity contribution in [2.24, 2.45) is 11.8 Å². The molecule has 3 rings (SSSR count). The van der Waals surface area contributed by atoms with Crippen LogP contribution in [0.25, 0.3) is 5.57 Å². The van der Waals surface area contributed by atoms with Crippen LogP contribution in [0.1, 0.15) is 45.6 Å². The Balaban J connectivity index is 1.71. The molecule has 0 aliphatic carbocycles. The van der Waals surface area contributed by atoms with E-state index in [9.17, 15) is 9.90 Å². The van der Waals surface area contributed by atoms with Gasteiger partial charge in [0.05, 0.1) is 5.60 Å². The van der Waals surface area contributed by atoms with Gasteiger partial charge in [0.15, 0.2) is 0 Å². The molecule has 0 bridgehead atoms. The molecule has 0 saturated carbocycles. The van der Waals surface area contributed by atoms with Crippen LogP contribution in [0.5, 0.6) is 0 Å². The van der Waals surface area contributed by atoms with Crippen molar-refractivity contribution in [1.82, 2.24) is 9.80 Å². The van der Waals surface area contributed by atoms with E-state index < -0.39 is 5.60 Å². The Bertz CT molecular complexity index is 670. The smallest absolute Gasteiger partial charge is 0.219 e. The number of likely N-dealkylation sites (tertiary alicyclic amines) is 2. The van der Waals surface area contributed by atoms with E-state index in [2.05, 4.69) is 55.2 Å². The average molecular weight is 371 g/mol. The summed E-state index contributed by atoms with van der Waals surface area (Å²) in [5.74, 6) is 0.902. The Hall–Kier alpha value is -1.65. The van der Waals surface area contributed by atoms with Crippen LogP contribution in [-0.2, 0) is 4.79 Å². The summed E-state index contributed by atoms with van der Waals surface area (Å²) in [7, 11) is 0. The predicted octanol–water partition coefficient (Wildman–Crippen LogP) is 3.42. The zero-order chi connectivity index (χ0) is 19.4. The van der Waals surface area contributed by atoms with Crippen molar-refractivity contribution in [3.63, 3.8) is 0 Å². The maximum absolute atomic E-state index is 11.8. The first kappa shape index (κ1) is 20.1. The highest BCUT2D eigenvalue weighted by molar-refractivity contribution is 5.73. The van der Waals surface area contributed by atoms with Crippen LogP contribution in [0.4, 0.5) is 0 Å². The van der Waals surface area contributed by atoms with Crippen molar-refractivity contribution >= 4 is 11.5 Å². The van der Waals surface area contributed by atoms with Crippen LogP contribution >= 0.6 is 0 Å². The van der Waals surface area contributed by atoms with E-state index in [4.69, 9.17) is 0 Å². The van der Waals surface area contributed by atoms with Crippen LogP contribution < -0.4 is 0 Å². The third kappa shape index (κ3) is 4.99. The number of nitrogens with zero attached hydrogens (tertiary/aromatic N) is 2. The van der Waals surface area contributed by atoms with Crippen molar-refractivity contribution in [3.05, 3.63) is 42.0 Å². The molecule has 0 unspecified atom stereocenters. The minimum Gasteiger partial charge on any atom is -0.389 e. The topological polar surface area (TPSA) is 43.8 Å². The van der Waals surface area contributed by atoms with Crippen molar-refractivity contribution in [2.45, 2.75) is 45.6 Å². The molecule has 2 atom stereocenters. The van der Waals surface area contributed by atoms with E-state index in [-0.39, 0.29) is 11.8 Å². The largest absolute Gasteiger partial charge is 0.389 e. The first-order valence-corrected chi connectivity index (χ1v) is 10.3. The maximum Gasteiger partial charge on any atom is 0.219 e. The minimum atomic E-state index is -0.600. The summed E-state index contributed by atoms with van der Waals surface area (Å²) < 4.78 is 0. The Kier molecular flexibility index (Phi) is 6.38. The van der Waals surface area contributed by atoms with E-state index in [0.29, 0.717) is 25.4 Å².